The molecule has 4 bridgehead atoms. The minimum atomic E-state index is -0.400. The summed E-state index contributed by atoms with van der Waals surface area (Å²) in [7, 11) is 1.80. The highest BCUT2D eigenvalue weighted by Crippen LogP contribution is 2.47. The summed E-state index contributed by atoms with van der Waals surface area (Å²) in [4.78, 5) is 29.0. The third kappa shape index (κ3) is 3.58. The first-order valence-electron chi connectivity index (χ1n) is 11.1. The number of fused-ring (bicyclic) bond motifs is 1. The highest BCUT2D eigenvalue weighted by molar-refractivity contribution is 5.90. The van der Waals surface area contributed by atoms with Crippen molar-refractivity contribution in [3.8, 4) is 5.75 Å². The van der Waals surface area contributed by atoms with Crippen molar-refractivity contribution in [2.45, 2.75) is 57.6 Å². The van der Waals surface area contributed by atoms with Crippen molar-refractivity contribution < 1.29 is 14.3 Å². The van der Waals surface area contributed by atoms with Crippen LogP contribution in [0.5, 0.6) is 5.75 Å². The van der Waals surface area contributed by atoms with E-state index in [1.807, 2.05) is 25.1 Å². The van der Waals surface area contributed by atoms with Crippen LogP contribution in [0.1, 0.15) is 44.1 Å². The van der Waals surface area contributed by atoms with Gasteiger partial charge in [-0.1, -0.05) is 0 Å². The van der Waals surface area contributed by atoms with E-state index in [1.54, 1.807) is 11.9 Å². The van der Waals surface area contributed by atoms with Gasteiger partial charge in [-0.05, 0) is 80.5 Å². The highest BCUT2D eigenvalue weighted by atomic mass is 16.5. The summed E-state index contributed by atoms with van der Waals surface area (Å²) in [6, 6.07) is 6.10. The van der Waals surface area contributed by atoms with Gasteiger partial charge in [0.15, 0.2) is 6.10 Å². The average molecular weight is 398 g/mol. The topological polar surface area (TPSA) is 61.9 Å². The van der Waals surface area contributed by atoms with Gasteiger partial charge >= 0.3 is 6.03 Å². The third-order valence-electron chi connectivity index (χ3n) is 7.46. The lowest BCUT2D eigenvalue weighted by Gasteiger charge is -2.38. The standard InChI is InChI=1S/C23H31N3O3/c1-14-7-19(29-21-5-6-25(2)22(21)27)3-4-20(14)24-23(28)26-13-17-9-15-8-16(10-17)12-18(26)11-15/h3-4,7,15-18,21H,5-6,8-13H2,1-2H3,(H,24,28). The van der Waals surface area contributed by atoms with E-state index in [9.17, 15) is 9.59 Å². The van der Waals surface area contributed by atoms with Gasteiger partial charge in [-0.25, -0.2) is 4.79 Å². The van der Waals surface area contributed by atoms with Gasteiger partial charge in [-0.3, -0.25) is 4.79 Å². The molecule has 1 aromatic rings. The Morgan fingerprint density at radius 1 is 1.10 bits per heavy atom. The van der Waals surface area contributed by atoms with E-state index in [4.69, 9.17) is 4.74 Å². The van der Waals surface area contributed by atoms with Gasteiger partial charge in [0.1, 0.15) is 5.75 Å². The van der Waals surface area contributed by atoms with Crippen molar-refractivity contribution in [2.75, 3.05) is 25.5 Å². The van der Waals surface area contributed by atoms with E-state index in [1.165, 1.54) is 32.1 Å². The third-order valence-corrected chi connectivity index (χ3v) is 7.46. The highest BCUT2D eigenvalue weighted by Gasteiger charge is 2.44. The second-order valence-corrected chi connectivity index (χ2v) is 9.64. The van der Waals surface area contributed by atoms with E-state index >= 15 is 0 Å². The Morgan fingerprint density at radius 2 is 1.83 bits per heavy atom. The van der Waals surface area contributed by atoms with E-state index in [0.29, 0.717) is 24.1 Å². The number of carbonyl (C=O) groups excluding carboxylic acids is 2. The van der Waals surface area contributed by atoms with Crippen molar-refractivity contribution in [1.82, 2.24) is 9.80 Å². The van der Waals surface area contributed by atoms with Gasteiger partial charge < -0.3 is 19.9 Å². The number of rotatable bonds is 3. The van der Waals surface area contributed by atoms with Gasteiger partial charge in [-0.2, -0.15) is 0 Å². The number of hydrogen-bond donors (Lipinski definition) is 1. The molecule has 3 saturated heterocycles. The summed E-state index contributed by atoms with van der Waals surface area (Å²) in [5.74, 6) is 3.04. The number of urea groups is 1. The molecule has 2 aliphatic carbocycles. The van der Waals surface area contributed by atoms with Crippen molar-refractivity contribution in [2.24, 2.45) is 17.8 Å². The summed E-state index contributed by atoms with van der Waals surface area (Å²) >= 11 is 0. The Morgan fingerprint density at radius 3 is 2.48 bits per heavy atom. The van der Waals surface area contributed by atoms with Crippen LogP contribution in [0, 0.1) is 24.7 Å². The first kappa shape index (κ1) is 18.8. The number of aryl methyl sites for hydroxylation is 1. The summed E-state index contributed by atoms with van der Waals surface area (Å²) < 4.78 is 5.89. The van der Waals surface area contributed by atoms with Gasteiger partial charge in [0.2, 0.25) is 0 Å². The van der Waals surface area contributed by atoms with Crippen LogP contribution >= 0.6 is 0 Å². The minimum Gasteiger partial charge on any atom is -0.481 e. The van der Waals surface area contributed by atoms with Crippen molar-refractivity contribution in [3.05, 3.63) is 23.8 Å². The zero-order chi connectivity index (χ0) is 20.1. The summed E-state index contributed by atoms with van der Waals surface area (Å²) in [6.07, 6.45) is 6.65. The zero-order valence-electron chi connectivity index (χ0n) is 17.4. The van der Waals surface area contributed by atoms with Crippen molar-refractivity contribution in [1.29, 1.82) is 0 Å². The predicted molar refractivity (Wildman–Crippen MR) is 111 cm³/mol. The maximum Gasteiger partial charge on any atom is 0.322 e. The van der Waals surface area contributed by atoms with E-state index < -0.39 is 6.10 Å². The summed E-state index contributed by atoms with van der Waals surface area (Å²) in [5.41, 5.74) is 1.77. The summed E-state index contributed by atoms with van der Waals surface area (Å²) in [5, 5.41) is 3.14. The molecule has 2 saturated carbocycles. The number of nitrogens with zero attached hydrogens (tertiary/aromatic N) is 2. The van der Waals surface area contributed by atoms with Crippen molar-refractivity contribution >= 4 is 17.6 Å². The van der Waals surface area contributed by atoms with Crippen LogP contribution in [0.3, 0.4) is 0 Å². The normalized spacial score (nSPS) is 33.2. The van der Waals surface area contributed by atoms with Crippen LogP contribution in [-0.4, -0.2) is 54.0 Å². The molecule has 156 valence electrons. The molecule has 0 radical (unpaired) electrons. The molecule has 1 aromatic carbocycles. The number of hydrogen-bond acceptors (Lipinski definition) is 3. The Balaban J connectivity index is 1.26. The number of anilines is 1. The Hall–Kier alpha value is -2.24. The quantitative estimate of drug-likeness (QED) is 0.847. The predicted octanol–water partition coefficient (Wildman–Crippen LogP) is 3.65. The molecule has 3 atom stereocenters. The Kier molecular flexibility index (Phi) is 4.67. The maximum absolute atomic E-state index is 13.1. The molecule has 0 spiro atoms. The lowest BCUT2D eigenvalue weighted by atomic mass is 9.68. The van der Waals surface area contributed by atoms with Gasteiger partial charge in [0.25, 0.3) is 5.91 Å². The molecule has 3 heterocycles. The van der Waals surface area contributed by atoms with Gasteiger partial charge in [0.05, 0.1) is 0 Å². The zero-order valence-corrected chi connectivity index (χ0v) is 17.4. The lowest BCUT2D eigenvalue weighted by molar-refractivity contribution is -0.132. The smallest absolute Gasteiger partial charge is 0.322 e. The van der Waals surface area contributed by atoms with Crippen LogP contribution in [0.2, 0.25) is 0 Å². The molecule has 0 aromatic heterocycles. The van der Waals surface area contributed by atoms with E-state index in [0.717, 1.165) is 36.2 Å². The lowest BCUT2D eigenvalue weighted by Crippen LogP contribution is -2.44. The molecule has 6 heteroatoms. The fourth-order valence-corrected chi connectivity index (χ4v) is 6.13. The molecule has 29 heavy (non-hydrogen) atoms. The van der Waals surface area contributed by atoms with Gasteiger partial charge in [0, 0.05) is 38.3 Å². The first-order valence-corrected chi connectivity index (χ1v) is 11.1. The monoisotopic (exact) mass is 397 g/mol. The number of carbonyl (C=O) groups is 2. The van der Waals surface area contributed by atoms with Crippen LogP contribution < -0.4 is 10.1 Å². The molecule has 3 amide bonds. The number of amides is 3. The van der Waals surface area contributed by atoms with Crippen molar-refractivity contribution in [3.63, 3.8) is 0 Å². The second-order valence-electron chi connectivity index (χ2n) is 9.64. The van der Waals surface area contributed by atoms with Crippen LogP contribution in [0.4, 0.5) is 10.5 Å². The number of nitrogens with one attached hydrogen (secondary N) is 1. The second kappa shape index (κ2) is 7.22. The number of ether oxygens (including phenoxy) is 1. The molecule has 3 aliphatic heterocycles. The maximum atomic E-state index is 13.1. The molecular weight excluding hydrogens is 366 g/mol. The molecule has 1 N–H and O–H groups in total. The molecular formula is C23H31N3O3. The molecule has 3 unspecified atom stereocenters. The largest absolute Gasteiger partial charge is 0.481 e. The van der Waals surface area contributed by atoms with Crippen LogP contribution in [-0.2, 0) is 4.79 Å². The number of benzene rings is 1. The summed E-state index contributed by atoms with van der Waals surface area (Å²) in [6.45, 7) is 3.61. The fraction of sp³-hybridized carbons (Fsp3) is 0.652. The van der Waals surface area contributed by atoms with Gasteiger partial charge in [-0.15, -0.1) is 0 Å². The molecule has 6 nitrogen and oxygen atoms in total. The molecule has 6 rings (SSSR count). The SMILES string of the molecule is Cc1cc(OC2CCN(C)C2=O)ccc1NC(=O)N1CC2CC3CC(C2)CC1C3. The fourth-order valence-electron chi connectivity index (χ4n) is 6.13. The minimum absolute atomic E-state index is 0.0327. The first-order chi connectivity index (χ1) is 14.0. The Bertz CT molecular complexity index is 812. The molecule has 5 aliphatic rings. The number of likely N-dealkylation sites (N-methyl/N-ethyl adjacent to an activating group) is 1. The van der Waals surface area contributed by atoms with E-state index in [-0.39, 0.29) is 11.9 Å². The average Bonchev–Trinajstić information content (AvgIpc) is 2.85. The molecule has 5 fully saturated rings. The van der Waals surface area contributed by atoms with Crippen LogP contribution in [0.25, 0.3) is 0 Å². The van der Waals surface area contributed by atoms with Crippen LogP contribution in [0.15, 0.2) is 18.2 Å². The van der Waals surface area contributed by atoms with E-state index in [2.05, 4.69) is 10.2 Å². The Labute approximate surface area is 172 Å². The number of likely N-dealkylation sites (tertiary alicyclic amines) is 1.